The van der Waals surface area contributed by atoms with Crippen LogP contribution in [-0.4, -0.2) is 19.6 Å². The molecule has 0 spiro atoms. The molecule has 65 heavy (non-hydrogen) atoms. The molecule has 4 nitrogen and oxygen atoms in total. The summed E-state index contributed by atoms with van der Waals surface area (Å²) in [6, 6.07) is 72.4. The molecule has 8 aromatic carbocycles. The molecule has 0 amide bonds. The van der Waals surface area contributed by atoms with Gasteiger partial charge in [0.15, 0.2) is 0 Å². The molecule has 0 bridgehead atoms. The summed E-state index contributed by atoms with van der Waals surface area (Å²) in [5.74, 6) is 0.838. The maximum atomic E-state index is 11.4. The Bertz CT molecular complexity index is 3310. The molecule has 0 saturated heterocycles. The van der Waals surface area contributed by atoms with Crippen LogP contribution in [0.3, 0.4) is 0 Å². The molecule has 10 aromatic rings. The Balaban J connectivity index is 1.15. The van der Waals surface area contributed by atoms with Gasteiger partial charge in [-0.3, -0.25) is 9.55 Å². The lowest BCUT2D eigenvalue weighted by molar-refractivity contribution is 0.477. The molecule has 0 aliphatic rings. The van der Waals surface area contributed by atoms with E-state index in [1.165, 1.54) is 16.7 Å². The Morgan fingerprint density at radius 2 is 1.00 bits per heavy atom. The fourth-order valence-electron chi connectivity index (χ4n) is 9.06. The van der Waals surface area contributed by atoms with Gasteiger partial charge in [0.2, 0.25) is 0 Å². The molecule has 10 rings (SSSR count). The van der Waals surface area contributed by atoms with Crippen LogP contribution in [0, 0.1) is 0 Å². The fourth-order valence-corrected chi connectivity index (χ4v) is 9.06. The normalized spacial score (nSPS) is 11.8. The quantitative estimate of drug-likeness (QED) is 0.157. The van der Waals surface area contributed by atoms with E-state index in [-0.39, 0.29) is 16.6 Å². The monoisotopic (exact) mass is 841 g/mol. The molecule has 0 unspecified atom stereocenters. The maximum Gasteiger partial charge on any atom is 0.149 e. The van der Waals surface area contributed by atoms with Crippen molar-refractivity contribution >= 4 is 11.0 Å². The zero-order valence-electron chi connectivity index (χ0n) is 37.5. The van der Waals surface area contributed by atoms with E-state index >= 15 is 0 Å². The molecule has 316 valence electrons. The van der Waals surface area contributed by atoms with E-state index in [4.69, 9.17) is 9.97 Å². The van der Waals surface area contributed by atoms with Crippen molar-refractivity contribution in [1.29, 1.82) is 0 Å². The van der Waals surface area contributed by atoms with Crippen molar-refractivity contribution in [3.05, 3.63) is 229 Å². The summed E-state index contributed by atoms with van der Waals surface area (Å²) in [4.78, 5) is 10.5. The van der Waals surface area contributed by atoms with Crippen molar-refractivity contribution in [3.8, 4) is 78.6 Å². The zero-order chi connectivity index (χ0) is 44.7. The number of benzene rings is 8. The highest BCUT2D eigenvalue weighted by molar-refractivity contribution is 5.98. The Morgan fingerprint density at radius 1 is 0.415 bits per heavy atom. The highest BCUT2D eigenvalue weighted by atomic mass is 16.3. The zero-order valence-corrected chi connectivity index (χ0v) is 37.5. The number of phenolic OH excluding ortho intramolecular Hbond substituents is 1. The number of hydrogen-bond donors (Lipinski definition) is 1. The van der Waals surface area contributed by atoms with Crippen molar-refractivity contribution in [3.63, 3.8) is 0 Å². The molecular weight excluding hydrogens is 791 g/mol. The Morgan fingerprint density at radius 3 is 1.71 bits per heavy atom. The average molecular weight is 842 g/mol. The lowest BCUT2D eigenvalue weighted by Gasteiger charge is -2.26. The van der Waals surface area contributed by atoms with Crippen LogP contribution in [0.4, 0.5) is 0 Å². The lowest BCUT2D eigenvalue weighted by atomic mass is 9.78. The molecule has 0 aliphatic heterocycles. The van der Waals surface area contributed by atoms with Gasteiger partial charge in [-0.1, -0.05) is 180 Å². The minimum atomic E-state index is -0.126. The predicted octanol–water partition coefficient (Wildman–Crippen LogP) is 15.8. The van der Waals surface area contributed by atoms with Gasteiger partial charge >= 0.3 is 0 Å². The van der Waals surface area contributed by atoms with Gasteiger partial charge in [0, 0.05) is 28.3 Å². The van der Waals surface area contributed by atoms with E-state index in [0.29, 0.717) is 11.4 Å². The van der Waals surface area contributed by atoms with Crippen LogP contribution in [0.1, 0.15) is 51.3 Å². The standard InChI is InChI=1S/C61H51N3O/c1-60(2,3)50-32-33-55(53(40-50)43-20-11-7-12-21-43)64-56-26-17-25-51(58(56)63-59(64)52-24-15-16-27-57(52)65)46-36-45(41-18-9-6-10-19-41)37-47(38-46)54-39-44(34-35-62-54)42-28-30-49(31-29-42)61(4,5)48-22-13-8-14-23-48/h6-40,65H,1-5H3. The fraction of sp³-hybridized carbons (Fsp3) is 0.115. The second kappa shape index (κ2) is 16.7. The molecule has 1 N–H and O–H groups in total. The first-order valence-electron chi connectivity index (χ1n) is 22.4. The second-order valence-corrected chi connectivity index (χ2v) is 18.5. The van der Waals surface area contributed by atoms with Crippen LogP contribution in [0.15, 0.2) is 212 Å². The number of aromatic nitrogens is 3. The average Bonchev–Trinajstić information content (AvgIpc) is 3.74. The summed E-state index contributed by atoms with van der Waals surface area (Å²) < 4.78 is 2.22. The van der Waals surface area contributed by atoms with Crippen LogP contribution in [0.25, 0.3) is 83.9 Å². The van der Waals surface area contributed by atoms with Gasteiger partial charge in [-0.05, 0) is 116 Å². The first-order valence-corrected chi connectivity index (χ1v) is 22.4. The number of hydrogen-bond acceptors (Lipinski definition) is 3. The largest absolute Gasteiger partial charge is 0.507 e. The summed E-state index contributed by atoms with van der Waals surface area (Å²) in [5.41, 5.74) is 17.5. The summed E-state index contributed by atoms with van der Waals surface area (Å²) >= 11 is 0. The van der Waals surface area contributed by atoms with Gasteiger partial charge in [-0.25, -0.2) is 4.98 Å². The third-order valence-corrected chi connectivity index (χ3v) is 12.9. The highest BCUT2D eigenvalue weighted by Crippen LogP contribution is 2.43. The van der Waals surface area contributed by atoms with Crippen LogP contribution < -0.4 is 0 Å². The van der Waals surface area contributed by atoms with Crippen LogP contribution >= 0.6 is 0 Å². The Hall–Kier alpha value is -7.82. The highest BCUT2D eigenvalue weighted by Gasteiger charge is 2.25. The smallest absolute Gasteiger partial charge is 0.149 e. The molecule has 0 saturated carbocycles. The molecule has 0 radical (unpaired) electrons. The van der Waals surface area contributed by atoms with Gasteiger partial charge in [-0.2, -0.15) is 0 Å². The van der Waals surface area contributed by atoms with Gasteiger partial charge in [0.25, 0.3) is 0 Å². The van der Waals surface area contributed by atoms with E-state index in [2.05, 4.69) is 221 Å². The van der Waals surface area contributed by atoms with Crippen molar-refractivity contribution < 1.29 is 5.11 Å². The van der Waals surface area contributed by atoms with E-state index in [1.807, 2.05) is 24.4 Å². The van der Waals surface area contributed by atoms with Crippen LogP contribution in [0.2, 0.25) is 0 Å². The molecular formula is C61H51N3O. The topological polar surface area (TPSA) is 50.9 Å². The number of imidazole rings is 1. The van der Waals surface area contributed by atoms with Gasteiger partial charge in [-0.15, -0.1) is 0 Å². The number of pyridine rings is 1. The number of para-hydroxylation sites is 2. The van der Waals surface area contributed by atoms with Crippen LogP contribution in [-0.2, 0) is 10.8 Å². The molecule has 2 aromatic heterocycles. The second-order valence-electron chi connectivity index (χ2n) is 18.5. The van der Waals surface area contributed by atoms with E-state index in [0.717, 1.165) is 72.5 Å². The van der Waals surface area contributed by atoms with E-state index in [1.54, 1.807) is 6.07 Å². The number of phenols is 1. The Kier molecular flexibility index (Phi) is 10.6. The molecule has 0 fully saturated rings. The number of rotatable bonds is 9. The SMILES string of the molecule is CC(C)(C)c1ccc(-n2c(-c3ccccc3O)nc3c(-c4cc(-c5ccccc5)cc(-c5cc(-c6ccc(C(C)(C)c7ccccc7)cc6)ccn5)c4)cccc32)c(-c2ccccc2)c1. The minimum Gasteiger partial charge on any atom is -0.507 e. The van der Waals surface area contributed by atoms with Gasteiger partial charge in [0.05, 0.1) is 28.0 Å². The van der Waals surface area contributed by atoms with Crippen molar-refractivity contribution in [2.45, 2.75) is 45.4 Å². The summed E-state index contributed by atoms with van der Waals surface area (Å²) in [7, 11) is 0. The predicted molar refractivity (Wildman–Crippen MR) is 270 cm³/mol. The van der Waals surface area contributed by atoms with Crippen molar-refractivity contribution in [2.75, 3.05) is 0 Å². The molecule has 0 aliphatic carbocycles. The minimum absolute atomic E-state index is 0.0625. The lowest BCUT2D eigenvalue weighted by Crippen LogP contribution is -2.18. The maximum absolute atomic E-state index is 11.4. The van der Waals surface area contributed by atoms with Crippen molar-refractivity contribution in [1.82, 2.24) is 14.5 Å². The number of nitrogens with zero attached hydrogens (tertiary/aromatic N) is 3. The Labute approximate surface area is 382 Å². The van der Waals surface area contributed by atoms with Crippen molar-refractivity contribution in [2.24, 2.45) is 0 Å². The third-order valence-electron chi connectivity index (χ3n) is 12.9. The van der Waals surface area contributed by atoms with Gasteiger partial charge in [0.1, 0.15) is 11.6 Å². The van der Waals surface area contributed by atoms with E-state index in [9.17, 15) is 5.11 Å². The number of aromatic hydroxyl groups is 1. The number of fused-ring (bicyclic) bond motifs is 1. The van der Waals surface area contributed by atoms with Gasteiger partial charge < -0.3 is 5.11 Å². The summed E-state index contributed by atoms with van der Waals surface area (Å²) in [5, 5.41) is 11.4. The molecule has 0 atom stereocenters. The van der Waals surface area contributed by atoms with Crippen LogP contribution in [0.5, 0.6) is 5.75 Å². The molecule has 2 heterocycles. The summed E-state index contributed by atoms with van der Waals surface area (Å²) in [6.45, 7) is 11.3. The first-order chi connectivity index (χ1) is 31.5. The molecule has 4 heteroatoms. The van der Waals surface area contributed by atoms with E-state index < -0.39 is 0 Å². The third kappa shape index (κ3) is 7.93. The first kappa shape index (κ1) is 41.2. The summed E-state index contributed by atoms with van der Waals surface area (Å²) in [6.07, 6.45) is 1.91.